The van der Waals surface area contributed by atoms with Gasteiger partial charge in [-0.1, -0.05) is 60.7 Å². The number of hydrogen-bond donors (Lipinski definition) is 1. The van der Waals surface area contributed by atoms with Crippen molar-refractivity contribution in [1.29, 1.82) is 0 Å². The minimum Gasteiger partial charge on any atom is -0.355 e. The molecule has 24 heavy (non-hydrogen) atoms. The van der Waals surface area contributed by atoms with Gasteiger partial charge in [0.2, 0.25) is 5.91 Å². The minimum atomic E-state index is 0.126. The molecule has 1 aliphatic heterocycles. The lowest BCUT2D eigenvalue weighted by molar-refractivity contribution is -0.120. The summed E-state index contributed by atoms with van der Waals surface area (Å²) in [5, 5.41) is 3.12. The van der Waals surface area contributed by atoms with Gasteiger partial charge in [0.25, 0.3) is 0 Å². The molecule has 0 aromatic heterocycles. The summed E-state index contributed by atoms with van der Waals surface area (Å²) in [7, 11) is 0. The first kappa shape index (κ1) is 16.7. The maximum Gasteiger partial charge on any atom is 0.224 e. The molecule has 0 aliphatic carbocycles. The monoisotopic (exact) mass is 322 g/mol. The Bertz CT molecular complexity index is 627. The molecule has 0 saturated carbocycles. The Morgan fingerprint density at radius 1 is 1.00 bits per heavy atom. The van der Waals surface area contributed by atoms with Gasteiger partial charge in [0.15, 0.2) is 0 Å². The van der Waals surface area contributed by atoms with Crippen LogP contribution in [-0.2, 0) is 17.8 Å². The summed E-state index contributed by atoms with van der Waals surface area (Å²) >= 11 is 0. The zero-order valence-corrected chi connectivity index (χ0v) is 14.2. The molecule has 0 radical (unpaired) electrons. The number of carbonyl (C=O) groups excluding carboxylic acids is 1. The summed E-state index contributed by atoms with van der Waals surface area (Å²) in [5.74, 6) is 0.684. The summed E-state index contributed by atoms with van der Waals surface area (Å²) in [5.41, 5.74) is 2.44. The summed E-state index contributed by atoms with van der Waals surface area (Å²) in [4.78, 5) is 14.6. The van der Waals surface area contributed by atoms with E-state index in [9.17, 15) is 4.79 Å². The fraction of sp³-hybridized carbons (Fsp3) is 0.381. The lowest BCUT2D eigenvalue weighted by Crippen LogP contribution is -2.40. The Hall–Kier alpha value is -2.13. The first-order valence-corrected chi connectivity index (χ1v) is 8.86. The van der Waals surface area contributed by atoms with Gasteiger partial charge in [-0.25, -0.2) is 0 Å². The van der Waals surface area contributed by atoms with Gasteiger partial charge in [-0.2, -0.15) is 0 Å². The SMILES string of the molecule is O=C(Cc1ccccc1)NCC1CCCN(Cc2ccccc2)C1. The molecule has 1 atom stereocenters. The van der Waals surface area contributed by atoms with Crippen molar-refractivity contribution in [3.05, 3.63) is 71.8 Å². The molecule has 1 heterocycles. The van der Waals surface area contributed by atoms with Gasteiger partial charge in [-0.05, 0) is 36.4 Å². The molecule has 1 aliphatic rings. The third-order valence-electron chi connectivity index (χ3n) is 4.65. The summed E-state index contributed by atoms with van der Waals surface area (Å²) in [6.45, 7) is 4.02. The Balaban J connectivity index is 1.43. The van der Waals surface area contributed by atoms with E-state index in [4.69, 9.17) is 0 Å². The first-order chi connectivity index (χ1) is 11.8. The summed E-state index contributed by atoms with van der Waals surface area (Å²) in [6, 6.07) is 20.6. The van der Waals surface area contributed by atoms with E-state index in [1.54, 1.807) is 0 Å². The van der Waals surface area contributed by atoms with E-state index in [1.807, 2.05) is 30.3 Å². The molecule has 1 saturated heterocycles. The second-order valence-electron chi connectivity index (χ2n) is 6.70. The third-order valence-corrected chi connectivity index (χ3v) is 4.65. The maximum atomic E-state index is 12.1. The van der Waals surface area contributed by atoms with E-state index in [-0.39, 0.29) is 5.91 Å². The summed E-state index contributed by atoms with van der Waals surface area (Å²) in [6.07, 6.45) is 2.89. The number of amides is 1. The predicted octanol–water partition coefficient (Wildman–Crippen LogP) is 3.26. The number of hydrogen-bond acceptors (Lipinski definition) is 2. The van der Waals surface area contributed by atoms with Crippen LogP contribution in [0.2, 0.25) is 0 Å². The van der Waals surface area contributed by atoms with Crippen LogP contribution >= 0.6 is 0 Å². The predicted molar refractivity (Wildman–Crippen MR) is 97.6 cm³/mol. The molecular weight excluding hydrogens is 296 g/mol. The smallest absolute Gasteiger partial charge is 0.224 e. The largest absolute Gasteiger partial charge is 0.355 e. The maximum absolute atomic E-state index is 12.1. The van der Waals surface area contributed by atoms with E-state index in [0.29, 0.717) is 12.3 Å². The number of carbonyl (C=O) groups is 1. The van der Waals surface area contributed by atoms with Crippen LogP contribution in [0.15, 0.2) is 60.7 Å². The molecule has 126 valence electrons. The van der Waals surface area contributed by atoms with E-state index < -0.39 is 0 Å². The zero-order valence-electron chi connectivity index (χ0n) is 14.2. The topological polar surface area (TPSA) is 32.3 Å². The lowest BCUT2D eigenvalue weighted by atomic mass is 9.97. The van der Waals surface area contributed by atoms with Crippen LogP contribution in [0.5, 0.6) is 0 Å². The van der Waals surface area contributed by atoms with Gasteiger partial charge in [0.05, 0.1) is 6.42 Å². The van der Waals surface area contributed by atoms with Crippen LogP contribution in [0.3, 0.4) is 0 Å². The van der Waals surface area contributed by atoms with Gasteiger partial charge in [-0.3, -0.25) is 9.69 Å². The highest BCUT2D eigenvalue weighted by Gasteiger charge is 2.20. The van der Waals surface area contributed by atoms with Crippen LogP contribution in [0.25, 0.3) is 0 Å². The lowest BCUT2D eigenvalue weighted by Gasteiger charge is -2.32. The molecule has 1 N–H and O–H groups in total. The highest BCUT2D eigenvalue weighted by atomic mass is 16.1. The van der Waals surface area contributed by atoms with Crippen molar-refractivity contribution in [2.75, 3.05) is 19.6 Å². The van der Waals surface area contributed by atoms with Gasteiger partial charge in [0.1, 0.15) is 0 Å². The summed E-state index contributed by atoms with van der Waals surface area (Å²) < 4.78 is 0. The number of nitrogens with zero attached hydrogens (tertiary/aromatic N) is 1. The van der Waals surface area contributed by atoms with Crippen LogP contribution in [0.4, 0.5) is 0 Å². The van der Waals surface area contributed by atoms with E-state index >= 15 is 0 Å². The van der Waals surface area contributed by atoms with E-state index in [2.05, 4.69) is 40.5 Å². The van der Waals surface area contributed by atoms with E-state index in [1.165, 1.54) is 18.4 Å². The molecule has 3 rings (SSSR count). The highest BCUT2D eigenvalue weighted by molar-refractivity contribution is 5.78. The standard InChI is InChI=1S/C21H26N2O/c24-21(14-18-8-3-1-4-9-18)22-15-20-12-7-13-23(17-20)16-19-10-5-2-6-11-19/h1-6,8-11,20H,7,12-17H2,(H,22,24). The fourth-order valence-electron chi connectivity index (χ4n) is 3.41. The third kappa shape index (κ3) is 5.20. The van der Waals surface area contributed by atoms with Gasteiger partial charge < -0.3 is 5.32 Å². The van der Waals surface area contributed by atoms with Crippen molar-refractivity contribution in [2.24, 2.45) is 5.92 Å². The van der Waals surface area contributed by atoms with Crippen LogP contribution in [-0.4, -0.2) is 30.4 Å². The number of rotatable bonds is 6. The Labute approximate surface area is 144 Å². The molecule has 3 nitrogen and oxygen atoms in total. The fourth-order valence-corrected chi connectivity index (χ4v) is 3.41. The van der Waals surface area contributed by atoms with Crippen LogP contribution in [0, 0.1) is 5.92 Å². The highest BCUT2D eigenvalue weighted by Crippen LogP contribution is 2.18. The normalized spacial score (nSPS) is 18.2. The number of benzene rings is 2. The van der Waals surface area contributed by atoms with E-state index in [0.717, 1.165) is 31.7 Å². The Morgan fingerprint density at radius 3 is 2.38 bits per heavy atom. The van der Waals surface area contributed by atoms with Gasteiger partial charge >= 0.3 is 0 Å². The molecule has 0 bridgehead atoms. The number of piperidine rings is 1. The molecule has 2 aromatic rings. The van der Waals surface area contributed by atoms with Crippen molar-refractivity contribution >= 4 is 5.91 Å². The number of likely N-dealkylation sites (tertiary alicyclic amines) is 1. The Kier molecular flexibility index (Phi) is 6.02. The molecule has 1 amide bonds. The van der Waals surface area contributed by atoms with Crippen molar-refractivity contribution < 1.29 is 4.79 Å². The second-order valence-corrected chi connectivity index (χ2v) is 6.70. The molecular formula is C21H26N2O. The van der Waals surface area contributed by atoms with Gasteiger partial charge in [-0.15, -0.1) is 0 Å². The van der Waals surface area contributed by atoms with Crippen molar-refractivity contribution in [2.45, 2.75) is 25.8 Å². The van der Waals surface area contributed by atoms with Gasteiger partial charge in [0, 0.05) is 19.6 Å². The minimum absolute atomic E-state index is 0.126. The Morgan fingerprint density at radius 2 is 1.67 bits per heavy atom. The average molecular weight is 322 g/mol. The first-order valence-electron chi connectivity index (χ1n) is 8.86. The molecule has 1 unspecified atom stereocenters. The molecule has 1 fully saturated rings. The quantitative estimate of drug-likeness (QED) is 0.885. The van der Waals surface area contributed by atoms with Crippen LogP contribution < -0.4 is 5.32 Å². The zero-order chi connectivity index (χ0) is 16.6. The average Bonchev–Trinajstić information content (AvgIpc) is 2.62. The van der Waals surface area contributed by atoms with Crippen molar-refractivity contribution in [1.82, 2.24) is 10.2 Å². The van der Waals surface area contributed by atoms with Crippen molar-refractivity contribution in [3.63, 3.8) is 0 Å². The van der Waals surface area contributed by atoms with Crippen molar-refractivity contribution in [3.8, 4) is 0 Å². The molecule has 2 aromatic carbocycles. The van der Waals surface area contributed by atoms with Crippen LogP contribution in [0.1, 0.15) is 24.0 Å². The number of nitrogens with one attached hydrogen (secondary N) is 1. The molecule has 3 heteroatoms. The second kappa shape index (κ2) is 8.65. The molecule has 0 spiro atoms.